The van der Waals surface area contributed by atoms with Gasteiger partial charge in [0.15, 0.2) is 0 Å². The number of nitrogens with one attached hydrogen (secondary N) is 4. The van der Waals surface area contributed by atoms with E-state index in [1.165, 1.54) is 0 Å². The first-order chi connectivity index (χ1) is 31.4. The third kappa shape index (κ3) is 17.5. The van der Waals surface area contributed by atoms with E-state index in [1.807, 2.05) is 69.2 Å². The van der Waals surface area contributed by atoms with Gasteiger partial charge < -0.3 is 54.4 Å². The highest BCUT2D eigenvalue weighted by molar-refractivity contribution is 5.71. The summed E-state index contributed by atoms with van der Waals surface area (Å²) in [6.45, 7) is 30.6. The molecule has 0 aromatic carbocycles. The predicted octanol–water partition coefficient (Wildman–Crippen LogP) is 9.33. The lowest BCUT2D eigenvalue weighted by molar-refractivity contribution is -0.227. The molecule has 4 rings (SSSR count). The van der Waals surface area contributed by atoms with Crippen LogP contribution in [0.5, 0.6) is 0 Å². The van der Waals surface area contributed by atoms with Crippen LogP contribution in [-0.4, -0.2) is 119 Å². The van der Waals surface area contributed by atoms with E-state index in [0.29, 0.717) is 101 Å². The molecule has 11 atom stereocenters. The van der Waals surface area contributed by atoms with Crippen LogP contribution in [0.25, 0.3) is 0 Å². The molecular formula is C52H94N4O11. The number of esters is 1. The lowest BCUT2D eigenvalue weighted by Crippen LogP contribution is -2.63. The molecule has 4 fully saturated rings. The lowest BCUT2D eigenvalue weighted by atomic mass is 9.43. The molecule has 4 N–H and O–H groups in total. The Morgan fingerprint density at radius 3 is 1.72 bits per heavy atom. The van der Waals surface area contributed by atoms with Gasteiger partial charge in [0, 0.05) is 44.9 Å². The molecule has 4 aliphatic carbocycles. The number of amides is 3. The molecule has 4 unspecified atom stereocenters. The number of hydrogen-bond donors (Lipinski definition) is 4. The van der Waals surface area contributed by atoms with Crippen molar-refractivity contribution < 1.29 is 52.3 Å². The number of fused-ring (bicyclic) bond motifs is 5. The van der Waals surface area contributed by atoms with Crippen LogP contribution in [0.1, 0.15) is 167 Å². The number of carbonyl (C=O) groups is 4. The third-order valence-corrected chi connectivity index (χ3v) is 15.0. The van der Waals surface area contributed by atoms with Gasteiger partial charge in [0.1, 0.15) is 16.8 Å². The zero-order chi connectivity index (χ0) is 49.6. The number of rotatable bonds is 23. The first-order valence-corrected chi connectivity index (χ1v) is 26.0. The number of ether oxygens (including phenoxy) is 7. The van der Waals surface area contributed by atoms with Crippen molar-refractivity contribution in [2.45, 2.75) is 202 Å². The number of alkyl carbamates (subject to hydrolysis) is 3. The molecule has 4 aliphatic rings. The first-order valence-electron chi connectivity index (χ1n) is 26.0. The van der Waals surface area contributed by atoms with Crippen LogP contribution in [-0.2, 0) is 38.0 Å². The molecule has 0 bridgehead atoms. The Balaban J connectivity index is 1.53. The van der Waals surface area contributed by atoms with Gasteiger partial charge in [-0.25, -0.2) is 14.4 Å². The van der Waals surface area contributed by atoms with Crippen LogP contribution in [0, 0.1) is 46.3 Å². The monoisotopic (exact) mass is 951 g/mol. The Kier molecular flexibility index (Phi) is 21.4. The maximum absolute atomic E-state index is 12.5. The van der Waals surface area contributed by atoms with E-state index < -0.39 is 35.1 Å². The van der Waals surface area contributed by atoms with E-state index in [4.69, 9.17) is 33.2 Å². The van der Waals surface area contributed by atoms with Crippen LogP contribution < -0.4 is 21.3 Å². The fourth-order valence-electron chi connectivity index (χ4n) is 12.2. The normalized spacial score (nSPS) is 29.9. The topological polar surface area (TPSA) is 181 Å². The Labute approximate surface area is 404 Å². The van der Waals surface area contributed by atoms with Crippen molar-refractivity contribution in [3.8, 4) is 0 Å². The number of carbonyl (C=O) groups excluding carboxylic acids is 4. The minimum atomic E-state index is -0.563. The van der Waals surface area contributed by atoms with Crippen molar-refractivity contribution in [2.75, 3.05) is 59.2 Å². The van der Waals surface area contributed by atoms with Gasteiger partial charge in [0.05, 0.1) is 31.5 Å². The molecule has 388 valence electrons. The lowest BCUT2D eigenvalue weighted by Gasteiger charge is -2.65. The predicted molar refractivity (Wildman–Crippen MR) is 260 cm³/mol. The molecule has 67 heavy (non-hydrogen) atoms. The first kappa shape index (κ1) is 56.7. The summed E-state index contributed by atoms with van der Waals surface area (Å²) in [5.74, 6) is 2.24. The van der Waals surface area contributed by atoms with Crippen LogP contribution >= 0.6 is 0 Å². The smallest absolute Gasteiger partial charge is 0.407 e. The van der Waals surface area contributed by atoms with Crippen LogP contribution in [0.4, 0.5) is 14.4 Å². The van der Waals surface area contributed by atoms with Crippen molar-refractivity contribution >= 4 is 24.2 Å². The molecule has 0 aromatic heterocycles. The Bertz CT molecular complexity index is 1560. The summed E-state index contributed by atoms with van der Waals surface area (Å²) in [6.07, 6.45) is 10.3. The van der Waals surface area contributed by atoms with Gasteiger partial charge in [-0.3, -0.25) is 4.79 Å². The molecule has 0 aliphatic heterocycles. The van der Waals surface area contributed by atoms with Gasteiger partial charge in [0.2, 0.25) is 0 Å². The fourth-order valence-corrected chi connectivity index (χ4v) is 12.2. The summed E-state index contributed by atoms with van der Waals surface area (Å²) in [5, 5.41) is 12.0. The SMILES string of the molecule is CCOC(=O)CNCCC[C@@H](C)[C@H]1CCC2C3C(C[C@H](OCCCNC(=O)OC(C)(C)C)[C@@]21C)[C@@]1(C)CC[C@@H](OCCCNC(=O)OC(C)(C)C)CC1C[C@H]3OCCCNC(=O)OC(C)(C)C. The van der Waals surface area contributed by atoms with Crippen LogP contribution in [0.2, 0.25) is 0 Å². The molecule has 15 nitrogen and oxygen atoms in total. The fraction of sp³-hybridized carbons (Fsp3) is 0.923. The van der Waals surface area contributed by atoms with Crippen molar-refractivity contribution in [3.05, 3.63) is 0 Å². The molecule has 3 amide bonds. The molecule has 0 aromatic rings. The van der Waals surface area contributed by atoms with Crippen molar-refractivity contribution in [2.24, 2.45) is 46.3 Å². The van der Waals surface area contributed by atoms with Gasteiger partial charge in [0.25, 0.3) is 0 Å². The highest BCUT2D eigenvalue weighted by atomic mass is 16.6. The summed E-state index contributed by atoms with van der Waals surface area (Å²) in [7, 11) is 0. The summed E-state index contributed by atoms with van der Waals surface area (Å²) in [5.41, 5.74) is -1.68. The van der Waals surface area contributed by atoms with E-state index in [9.17, 15) is 19.2 Å². The minimum absolute atomic E-state index is 0.0397. The average molecular weight is 951 g/mol. The minimum Gasteiger partial charge on any atom is -0.465 e. The zero-order valence-electron chi connectivity index (χ0n) is 44.0. The van der Waals surface area contributed by atoms with Gasteiger partial charge >= 0.3 is 24.2 Å². The van der Waals surface area contributed by atoms with E-state index in [-0.39, 0.29) is 41.7 Å². The average Bonchev–Trinajstić information content (AvgIpc) is 3.56. The van der Waals surface area contributed by atoms with E-state index in [0.717, 1.165) is 64.3 Å². The Hall–Kier alpha value is -2.88. The zero-order valence-corrected chi connectivity index (χ0v) is 44.0. The molecule has 4 saturated carbocycles. The van der Waals surface area contributed by atoms with Gasteiger partial charge in [-0.2, -0.15) is 0 Å². The summed E-state index contributed by atoms with van der Waals surface area (Å²) in [4.78, 5) is 49.2. The summed E-state index contributed by atoms with van der Waals surface area (Å²) < 4.78 is 42.3. The van der Waals surface area contributed by atoms with Gasteiger partial charge in [-0.05, 0) is 194 Å². The maximum atomic E-state index is 12.5. The van der Waals surface area contributed by atoms with Gasteiger partial charge in [-0.1, -0.05) is 20.8 Å². The largest absolute Gasteiger partial charge is 0.465 e. The Morgan fingerprint density at radius 1 is 0.642 bits per heavy atom. The van der Waals surface area contributed by atoms with E-state index in [2.05, 4.69) is 42.0 Å². The second-order valence-electron chi connectivity index (χ2n) is 23.5. The second kappa shape index (κ2) is 25.3. The maximum Gasteiger partial charge on any atom is 0.407 e. The van der Waals surface area contributed by atoms with E-state index in [1.54, 1.807) is 0 Å². The molecule has 15 heteroatoms. The standard InChI is InChI=1S/C52H94N4O11/c1-14-61-43(57)34-53-24-15-19-35(2)38-20-21-39-44-40(33-42(52(38,39)13)64-30-18-27-56-47(60)67-50(9,10)11)51(12)23-22-37(62-28-16-25-54-45(58)65-48(3,4)5)31-36(51)32-41(44)63-29-17-26-55-46(59)66-49(6,7)8/h35-42,44,53H,14-34H2,1-13H3,(H,54,58)(H,55,59)(H,56,60)/t35-,36?,37-,38-,39?,40?,41-,42+,44?,51+,52-/m1/s1. The van der Waals surface area contributed by atoms with Crippen molar-refractivity contribution in [3.63, 3.8) is 0 Å². The molecule has 0 radical (unpaired) electrons. The van der Waals surface area contributed by atoms with Crippen LogP contribution in [0.15, 0.2) is 0 Å². The highest BCUT2D eigenvalue weighted by Gasteiger charge is 2.66. The van der Waals surface area contributed by atoms with Gasteiger partial charge in [-0.15, -0.1) is 0 Å². The molecule has 0 spiro atoms. The summed E-state index contributed by atoms with van der Waals surface area (Å²) >= 11 is 0. The molecule has 0 heterocycles. The summed E-state index contributed by atoms with van der Waals surface area (Å²) in [6, 6.07) is 0. The van der Waals surface area contributed by atoms with Crippen LogP contribution in [0.3, 0.4) is 0 Å². The quantitative estimate of drug-likeness (QED) is 0.0434. The van der Waals surface area contributed by atoms with Crippen molar-refractivity contribution in [1.29, 1.82) is 0 Å². The van der Waals surface area contributed by atoms with E-state index >= 15 is 0 Å². The second-order valence-corrected chi connectivity index (χ2v) is 23.5. The highest BCUT2D eigenvalue weighted by Crippen LogP contribution is 2.69. The third-order valence-electron chi connectivity index (χ3n) is 15.0. The molecule has 0 saturated heterocycles. The Morgan fingerprint density at radius 2 is 1.18 bits per heavy atom. The van der Waals surface area contributed by atoms with Crippen molar-refractivity contribution in [1.82, 2.24) is 21.3 Å². The number of hydrogen-bond acceptors (Lipinski definition) is 12. The molecular weight excluding hydrogens is 857 g/mol.